The van der Waals surface area contributed by atoms with Gasteiger partial charge in [-0.1, -0.05) is 0 Å². The Hall–Kier alpha value is -1.43. The van der Waals surface area contributed by atoms with E-state index in [0.29, 0.717) is 18.6 Å². The van der Waals surface area contributed by atoms with Gasteiger partial charge < -0.3 is 10.4 Å². The molecular weight excluding hydrogens is 210 g/mol. The Morgan fingerprint density at radius 3 is 2.69 bits per heavy atom. The van der Waals surface area contributed by atoms with Crippen LogP contribution in [0.15, 0.2) is 5.10 Å². The Balaban J connectivity index is 2.55. The van der Waals surface area contributed by atoms with Gasteiger partial charge in [0.2, 0.25) is 5.91 Å². The van der Waals surface area contributed by atoms with Gasteiger partial charge in [-0.3, -0.25) is 9.59 Å². The Labute approximate surface area is 94.3 Å². The zero-order valence-corrected chi connectivity index (χ0v) is 9.78. The largest absolute Gasteiger partial charge is 0.389 e. The molecule has 0 unspecified atom stereocenters. The van der Waals surface area contributed by atoms with Crippen LogP contribution >= 0.6 is 0 Å². The summed E-state index contributed by atoms with van der Waals surface area (Å²) in [6, 6.07) is 0. The van der Waals surface area contributed by atoms with Crippen molar-refractivity contribution < 1.29 is 14.7 Å². The van der Waals surface area contributed by atoms with E-state index < -0.39 is 5.60 Å². The SMILES string of the molecule is CN1N=C(C(=O)NCC(C)(C)O)CCC1=O. The van der Waals surface area contributed by atoms with Crippen molar-refractivity contribution in [3.8, 4) is 0 Å². The number of hydrogen-bond donors (Lipinski definition) is 2. The van der Waals surface area contributed by atoms with Gasteiger partial charge in [0.15, 0.2) is 0 Å². The summed E-state index contributed by atoms with van der Waals surface area (Å²) in [6.45, 7) is 3.36. The topological polar surface area (TPSA) is 82.0 Å². The molecule has 0 saturated carbocycles. The monoisotopic (exact) mass is 227 g/mol. The normalized spacial score (nSPS) is 17.1. The lowest BCUT2D eigenvalue weighted by atomic mass is 10.1. The van der Waals surface area contributed by atoms with E-state index in [-0.39, 0.29) is 18.4 Å². The standard InChI is InChI=1S/C10H17N3O3/c1-10(2,16)6-11-9(15)7-4-5-8(14)13(3)12-7/h16H,4-6H2,1-3H3,(H,11,15). The number of rotatable bonds is 3. The van der Waals surface area contributed by atoms with Crippen molar-refractivity contribution in [1.29, 1.82) is 0 Å². The molecule has 2 N–H and O–H groups in total. The maximum atomic E-state index is 11.6. The molecule has 0 atom stereocenters. The maximum absolute atomic E-state index is 11.6. The number of hydrogen-bond acceptors (Lipinski definition) is 4. The van der Waals surface area contributed by atoms with Crippen LogP contribution in [0.1, 0.15) is 26.7 Å². The summed E-state index contributed by atoms with van der Waals surface area (Å²) >= 11 is 0. The van der Waals surface area contributed by atoms with E-state index in [1.165, 1.54) is 12.1 Å². The van der Waals surface area contributed by atoms with E-state index in [1.54, 1.807) is 13.8 Å². The average molecular weight is 227 g/mol. The molecule has 0 aromatic carbocycles. The molecule has 1 aliphatic heterocycles. The van der Waals surface area contributed by atoms with Gasteiger partial charge in [-0.2, -0.15) is 5.10 Å². The van der Waals surface area contributed by atoms with Crippen molar-refractivity contribution in [3.63, 3.8) is 0 Å². The highest BCUT2D eigenvalue weighted by Crippen LogP contribution is 2.07. The van der Waals surface area contributed by atoms with Crippen molar-refractivity contribution >= 4 is 17.5 Å². The van der Waals surface area contributed by atoms with Crippen LogP contribution in [0.5, 0.6) is 0 Å². The molecule has 1 aliphatic rings. The van der Waals surface area contributed by atoms with E-state index in [4.69, 9.17) is 0 Å². The molecule has 0 bridgehead atoms. The van der Waals surface area contributed by atoms with Crippen LogP contribution < -0.4 is 5.32 Å². The van der Waals surface area contributed by atoms with E-state index in [9.17, 15) is 14.7 Å². The number of nitrogens with one attached hydrogen (secondary N) is 1. The van der Waals surface area contributed by atoms with Gasteiger partial charge in [0.05, 0.1) is 5.60 Å². The summed E-state index contributed by atoms with van der Waals surface area (Å²) in [5.41, 5.74) is -0.626. The Morgan fingerprint density at radius 2 is 2.19 bits per heavy atom. The molecule has 6 nitrogen and oxygen atoms in total. The maximum Gasteiger partial charge on any atom is 0.267 e. The summed E-state index contributed by atoms with van der Waals surface area (Å²) < 4.78 is 0. The zero-order chi connectivity index (χ0) is 12.3. The molecule has 0 aliphatic carbocycles. The fourth-order valence-electron chi connectivity index (χ4n) is 1.23. The molecule has 0 aromatic heterocycles. The van der Waals surface area contributed by atoms with Gasteiger partial charge in [-0.15, -0.1) is 0 Å². The second kappa shape index (κ2) is 4.61. The predicted molar refractivity (Wildman–Crippen MR) is 58.7 cm³/mol. The summed E-state index contributed by atoms with van der Waals surface area (Å²) in [6.07, 6.45) is 0.645. The number of nitrogens with zero attached hydrogens (tertiary/aromatic N) is 2. The van der Waals surface area contributed by atoms with E-state index in [2.05, 4.69) is 10.4 Å². The molecule has 0 spiro atoms. The molecule has 0 radical (unpaired) electrons. The molecule has 90 valence electrons. The van der Waals surface area contributed by atoms with Gasteiger partial charge in [-0.05, 0) is 13.8 Å². The third-order valence-corrected chi connectivity index (χ3v) is 2.15. The van der Waals surface area contributed by atoms with Gasteiger partial charge in [0, 0.05) is 26.4 Å². The number of aliphatic hydroxyl groups is 1. The van der Waals surface area contributed by atoms with Gasteiger partial charge >= 0.3 is 0 Å². The van der Waals surface area contributed by atoms with E-state index in [1.807, 2.05) is 0 Å². The zero-order valence-electron chi connectivity index (χ0n) is 9.78. The van der Waals surface area contributed by atoms with Crippen LogP contribution in [0.2, 0.25) is 0 Å². The van der Waals surface area contributed by atoms with Gasteiger partial charge in [-0.25, -0.2) is 5.01 Å². The summed E-state index contributed by atoms with van der Waals surface area (Å²) in [5.74, 6) is -0.430. The average Bonchev–Trinajstić information content (AvgIpc) is 2.17. The first-order valence-corrected chi connectivity index (χ1v) is 5.14. The van der Waals surface area contributed by atoms with Crippen molar-refractivity contribution in [2.75, 3.05) is 13.6 Å². The Morgan fingerprint density at radius 1 is 1.56 bits per heavy atom. The summed E-state index contributed by atoms with van der Waals surface area (Å²) in [7, 11) is 1.52. The van der Waals surface area contributed by atoms with E-state index >= 15 is 0 Å². The Bertz CT molecular complexity index is 331. The molecule has 16 heavy (non-hydrogen) atoms. The molecule has 0 aromatic rings. The van der Waals surface area contributed by atoms with Gasteiger partial charge in [0.25, 0.3) is 5.91 Å². The molecule has 1 rings (SSSR count). The van der Waals surface area contributed by atoms with Gasteiger partial charge in [0.1, 0.15) is 5.71 Å². The third-order valence-electron chi connectivity index (χ3n) is 2.15. The number of amides is 2. The van der Waals surface area contributed by atoms with E-state index in [0.717, 1.165) is 0 Å². The second-order valence-electron chi connectivity index (χ2n) is 4.46. The minimum absolute atomic E-state index is 0.0981. The lowest BCUT2D eigenvalue weighted by Gasteiger charge is -2.21. The van der Waals surface area contributed by atoms with Crippen LogP contribution in [-0.2, 0) is 9.59 Å². The predicted octanol–water partition coefficient (Wildman–Crippen LogP) is -0.518. The lowest BCUT2D eigenvalue weighted by molar-refractivity contribution is -0.130. The highest BCUT2D eigenvalue weighted by molar-refractivity contribution is 6.39. The van der Waals surface area contributed by atoms with Crippen LogP contribution in [0.25, 0.3) is 0 Å². The number of carbonyl (C=O) groups excluding carboxylic acids is 2. The highest BCUT2D eigenvalue weighted by Gasteiger charge is 2.23. The minimum Gasteiger partial charge on any atom is -0.389 e. The first kappa shape index (κ1) is 12.6. The number of carbonyl (C=O) groups is 2. The minimum atomic E-state index is -0.952. The summed E-state index contributed by atoms with van der Waals surface area (Å²) in [4.78, 5) is 22.7. The lowest BCUT2D eigenvalue weighted by Crippen LogP contribution is -2.43. The first-order chi connectivity index (χ1) is 7.29. The quantitative estimate of drug-likeness (QED) is 0.680. The highest BCUT2D eigenvalue weighted by atomic mass is 16.3. The molecule has 0 saturated heterocycles. The fourth-order valence-corrected chi connectivity index (χ4v) is 1.23. The molecule has 0 fully saturated rings. The third kappa shape index (κ3) is 3.62. The van der Waals surface area contributed by atoms with Crippen LogP contribution in [0.3, 0.4) is 0 Å². The fraction of sp³-hybridized carbons (Fsp3) is 0.700. The van der Waals surface area contributed by atoms with Crippen molar-refractivity contribution in [1.82, 2.24) is 10.3 Å². The van der Waals surface area contributed by atoms with Crippen LogP contribution in [0, 0.1) is 0 Å². The summed E-state index contributed by atoms with van der Waals surface area (Å²) in [5, 5.41) is 17.0. The molecule has 6 heteroatoms. The molecule has 1 heterocycles. The molecule has 2 amide bonds. The van der Waals surface area contributed by atoms with Crippen molar-refractivity contribution in [2.45, 2.75) is 32.3 Å². The Kier molecular flexibility index (Phi) is 3.64. The second-order valence-corrected chi connectivity index (χ2v) is 4.46. The first-order valence-electron chi connectivity index (χ1n) is 5.14. The number of hydrazone groups is 1. The van der Waals surface area contributed by atoms with Crippen LogP contribution in [-0.4, -0.2) is 46.8 Å². The van der Waals surface area contributed by atoms with Crippen molar-refractivity contribution in [2.24, 2.45) is 5.10 Å². The van der Waals surface area contributed by atoms with Crippen molar-refractivity contribution in [3.05, 3.63) is 0 Å². The smallest absolute Gasteiger partial charge is 0.267 e. The van der Waals surface area contributed by atoms with Crippen LogP contribution in [0.4, 0.5) is 0 Å². The molecular formula is C10H17N3O3.